The lowest BCUT2D eigenvalue weighted by Crippen LogP contribution is -2.29. The Balaban J connectivity index is 1.53. The molecule has 2 amide bonds. The van der Waals surface area contributed by atoms with Crippen molar-refractivity contribution in [1.29, 1.82) is 0 Å². The van der Waals surface area contributed by atoms with Crippen molar-refractivity contribution in [1.82, 2.24) is 0 Å². The first-order valence-electron chi connectivity index (χ1n) is 8.50. The maximum absolute atomic E-state index is 12.5. The second-order valence-electron chi connectivity index (χ2n) is 6.15. The van der Waals surface area contributed by atoms with Crippen LogP contribution in [-0.4, -0.2) is 17.6 Å². The minimum absolute atomic E-state index is 0.0833. The average Bonchev–Trinajstić information content (AvgIpc) is 2.98. The lowest BCUT2D eigenvalue weighted by atomic mass is 10.1. The summed E-state index contributed by atoms with van der Waals surface area (Å²) in [6, 6.07) is 22.8. The molecular weight excluding hydrogens is 338 g/mol. The highest BCUT2D eigenvalue weighted by atomic mass is 16.2. The van der Waals surface area contributed by atoms with Gasteiger partial charge in [0.25, 0.3) is 11.8 Å². The molecule has 3 aromatic rings. The van der Waals surface area contributed by atoms with E-state index in [1.807, 2.05) is 18.2 Å². The van der Waals surface area contributed by atoms with Gasteiger partial charge in [0.2, 0.25) is 0 Å². The molecule has 1 aliphatic heterocycles. The molecule has 0 aromatic heterocycles. The van der Waals surface area contributed by atoms with E-state index in [2.05, 4.69) is 0 Å². The van der Waals surface area contributed by atoms with Crippen LogP contribution < -0.4 is 4.90 Å². The Labute approximate surface area is 156 Å². The summed E-state index contributed by atoms with van der Waals surface area (Å²) in [7, 11) is 0. The molecule has 0 radical (unpaired) electrons. The highest BCUT2D eigenvalue weighted by Crippen LogP contribution is 2.28. The van der Waals surface area contributed by atoms with Crippen molar-refractivity contribution in [3.8, 4) is 0 Å². The second kappa shape index (κ2) is 6.84. The van der Waals surface area contributed by atoms with Crippen molar-refractivity contribution in [2.75, 3.05) is 4.90 Å². The van der Waals surface area contributed by atoms with Crippen molar-refractivity contribution >= 4 is 29.4 Å². The molecular formula is C23H15NO3. The Hall–Kier alpha value is -3.79. The van der Waals surface area contributed by atoms with Crippen LogP contribution in [0.1, 0.15) is 36.6 Å². The largest absolute Gasteiger partial charge is 0.289 e. The topological polar surface area (TPSA) is 54.5 Å². The Bertz CT molecular complexity index is 1030. The maximum atomic E-state index is 12.5. The first-order valence-corrected chi connectivity index (χ1v) is 8.50. The van der Waals surface area contributed by atoms with Crippen LogP contribution in [0.2, 0.25) is 0 Å². The number of hydrogen-bond acceptors (Lipinski definition) is 3. The quantitative estimate of drug-likeness (QED) is 0.397. The molecule has 0 aliphatic carbocycles. The number of allylic oxidation sites excluding steroid dienone is 1. The number of nitrogens with zero attached hydrogens (tertiary/aromatic N) is 1. The molecule has 0 unspecified atom stereocenters. The minimum atomic E-state index is -0.321. The molecule has 0 atom stereocenters. The number of imide groups is 1. The third kappa shape index (κ3) is 3.09. The van der Waals surface area contributed by atoms with Gasteiger partial charge in [-0.25, -0.2) is 4.90 Å². The molecule has 130 valence electrons. The molecule has 0 bridgehead atoms. The van der Waals surface area contributed by atoms with E-state index in [0.29, 0.717) is 22.4 Å². The van der Waals surface area contributed by atoms with E-state index in [0.717, 1.165) is 5.56 Å². The number of rotatable bonds is 4. The lowest BCUT2D eigenvalue weighted by molar-refractivity contribution is 0.0925. The Kier molecular flexibility index (Phi) is 4.22. The van der Waals surface area contributed by atoms with Crippen molar-refractivity contribution in [2.45, 2.75) is 0 Å². The summed E-state index contributed by atoms with van der Waals surface area (Å²) >= 11 is 0. The van der Waals surface area contributed by atoms with Gasteiger partial charge in [-0.05, 0) is 35.9 Å². The van der Waals surface area contributed by atoms with Gasteiger partial charge in [-0.15, -0.1) is 0 Å². The molecule has 1 aliphatic rings. The van der Waals surface area contributed by atoms with E-state index in [1.165, 1.54) is 11.0 Å². The van der Waals surface area contributed by atoms with Crippen LogP contribution in [0, 0.1) is 0 Å². The van der Waals surface area contributed by atoms with Crippen LogP contribution >= 0.6 is 0 Å². The van der Waals surface area contributed by atoms with Gasteiger partial charge in [0.15, 0.2) is 5.78 Å². The third-order valence-electron chi connectivity index (χ3n) is 4.43. The number of fused-ring (bicyclic) bond motifs is 1. The van der Waals surface area contributed by atoms with Crippen LogP contribution in [-0.2, 0) is 0 Å². The second-order valence-corrected chi connectivity index (χ2v) is 6.15. The number of anilines is 1. The van der Waals surface area contributed by atoms with E-state index in [1.54, 1.807) is 66.7 Å². The van der Waals surface area contributed by atoms with Crippen LogP contribution in [0.25, 0.3) is 6.08 Å². The molecule has 0 saturated heterocycles. The van der Waals surface area contributed by atoms with Crippen LogP contribution in [0.5, 0.6) is 0 Å². The van der Waals surface area contributed by atoms with Gasteiger partial charge in [-0.2, -0.15) is 0 Å². The number of ketones is 1. The van der Waals surface area contributed by atoms with E-state index >= 15 is 0 Å². The zero-order valence-electron chi connectivity index (χ0n) is 14.3. The van der Waals surface area contributed by atoms with Gasteiger partial charge in [0, 0.05) is 5.56 Å². The smallest absolute Gasteiger partial charge is 0.266 e. The molecule has 0 saturated carbocycles. The van der Waals surface area contributed by atoms with Crippen molar-refractivity contribution < 1.29 is 14.4 Å². The fourth-order valence-corrected chi connectivity index (χ4v) is 3.03. The molecule has 4 nitrogen and oxygen atoms in total. The van der Waals surface area contributed by atoms with Gasteiger partial charge >= 0.3 is 0 Å². The number of hydrogen-bond donors (Lipinski definition) is 0. The fourth-order valence-electron chi connectivity index (χ4n) is 3.03. The Morgan fingerprint density at radius 2 is 1.26 bits per heavy atom. The predicted octanol–water partition coefficient (Wildman–Crippen LogP) is 4.38. The SMILES string of the molecule is O=C(C=Cc1ccc(N2C(=O)c3ccccc3C2=O)cc1)c1ccccc1. The van der Waals surface area contributed by atoms with Crippen molar-refractivity contribution in [3.63, 3.8) is 0 Å². The predicted molar refractivity (Wildman–Crippen MR) is 104 cm³/mol. The molecule has 3 aromatic carbocycles. The first kappa shape index (κ1) is 16.7. The highest BCUT2D eigenvalue weighted by molar-refractivity contribution is 6.34. The summed E-state index contributed by atoms with van der Waals surface area (Å²) in [4.78, 5) is 38.3. The van der Waals surface area contributed by atoms with Gasteiger partial charge in [-0.3, -0.25) is 14.4 Å². The minimum Gasteiger partial charge on any atom is -0.289 e. The summed E-state index contributed by atoms with van der Waals surface area (Å²) < 4.78 is 0. The van der Waals surface area contributed by atoms with Crippen molar-refractivity contribution in [2.24, 2.45) is 0 Å². The number of amides is 2. The molecule has 0 spiro atoms. The summed E-state index contributed by atoms with van der Waals surface area (Å²) in [6.45, 7) is 0. The number of benzene rings is 3. The van der Waals surface area contributed by atoms with Gasteiger partial charge in [0.1, 0.15) is 0 Å². The highest BCUT2D eigenvalue weighted by Gasteiger charge is 2.36. The van der Waals surface area contributed by atoms with E-state index in [-0.39, 0.29) is 17.6 Å². The van der Waals surface area contributed by atoms with Crippen molar-refractivity contribution in [3.05, 3.63) is 107 Å². The van der Waals surface area contributed by atoms with Gasteiger partial charge in [-0.1, -0.05) is 60.7 Å². The average molecular weight is 353 g/mol. The summed E-state index contributed by atoms with van der Waals surface area (Å²) in [6.07, 6.45) is 3.22. The summed E-state index contributed by atoms with van der Waals surface area (Å²) in [5.74, 6) is -0.726. The lowest BCUT2D eigenvalue weighted by Gasteiger charge is -2.13. The summed E-state index contributed by atoms with van der Waals surface area (Å²) in [5, 5.41) is 0. The first-order chi connectivity index (χ1) is 13.1. The van der Waals surface area contributed by atoms with Gasteiger partial charge < -0.3 is 0 Å². The Morgan fingerprint density at radius 1 is 0.704 bits per heavy atom. The standard InChI is InChI=1S/C23H15NO3/c25-21(17-6-2-1-3-7-17)15-12-16-10-13-18(14-11-16)24-22(26)19-8-4-5-9-20(19)23(24)27/h1-15H. The molecule has 0 N–H and O–H groups in total. The molecule has 4 heteroatoms. The van der Waals surface area contributed by atoms with Crippen LogP contribution in [0.15, 0.2) is 84.9 Å². The third-order valence-corrected chi connectivity index (χ3v) is 4.43. The van der Waals surface area contributed by atoms with E-state index < -0.39 is 0 Å². The zero-order chi connectivity index (χ0) is 18.8. The van der Waals surface area contributed by atoms with E-state index in [4.69, 9.17) is 0 Å². The monoisotopic (exact) mass is 353 g/mol. The summed E-state index contributed by atoms with van der Waals surface area (Å²) in [5.41, 5.74) is 2.77. The number of carbonyl (C=O) groups is 3. The maximum Gasteiger partial charge on any atom is 0.266 e. The van der Waals surface area contributed by atoms with Gasteiger partial charge in [0.05, 0.1) is 16.8 Å². The fraction of sp³-hybridized carbons (Fsp3) is 0. The molecule has 1 heterocycles. The normalized spacial score (nSPS) is 13.3. The van der Waals surface area contributed by atoms with E-state index in [9.17, 15) is 14.4 Å². The molecule has 27 heavy (non-hydrogen) atoms. The number of carbonyl (C=O) groups excluding carboxylic acids is 3. The van der Waals surface area contributed by atoms with Crippen LogP contribution in [0.4, 0.5) is 5.69 Å². The molecule has 4 rings (SSSR count). The molecule has 0 fully saturated rings. The Morgan fingerprint density at radius 3 is 1.85 bits per heavy atom. The zero-order valence-corrected chi connectivity index (χ0v) is 14.3. The van der Waals surface area contributed by atoms with Crippen LogP contribution in [0.3, 0.4) is 0 Å².